The number of hydrogen-bond acceptors (Lipinski definition) is 2. The Morgan fingerprint density at radius 2 is 2.00 bits per heavy atom. The molecule has 0 unspecified atom stereocenters. The summed E-state index contributed by atoms with van der Waals surface area (Å²) in [6, 6.07) is 2.10. The van der Waals surface area contributed by atoms with Gasteiger partial charge in [-0.25, -0.2) is 0 Å². The van der Waals surface area contributed by atoms with Crippen LogP contribution < -0.4 is 0 Å². The highest BCUT2D eigenvalue weighted by molar-refractivity contribution is 5.88. The van der Waals surface area contributed by atoms with E-state index >= 15 is 0 Å². The fraction of sp³-hybridized carbons (Fsp3) is 0.600. The van der Waals surface area contributed by atoms with Crippen LogP contribution in [0.5, 0.6) is 0 Å². The average Bonchev–Trinajstić information content (AvgIpc) is 2.10. The zero-order valence-corrected chi connectivity index (χ0v) is 7.38. The van der Waals surface area contributed by atoms with E-state index in [1.54, 1.807) is 0 Å². The molecule has 2 nitrogen and oxygen atoms in total. The molecule has 0 fully saturated rings. The maximum atomic E-state index is 10.7. The Morgan fingerprint density at radius 3 is 2.58 bits per heavy atom. The van der Waals surface area contributed by atoms with Crippen LogP contribution in [0.4, 0.5) is 0 Å². The van der Waals surface area contributed by atoms with Gasteiger partial charge >= 0.3 is 0 Å². The molecule has 2 heteroatoms. The van der Waals surface area contributed by atoms with Crippen molar-refractivity contribution in [2.45, 2.75) is 38.5 Å². The van der Waals surface area contributed by atoms with Gasteiger partial charge in [0.05, 0.1) is 6.07 Å². The van der Waals surface area contributed by atoms with Gasteiger partial charge in [-0.2, -0.15) is 5.26 Å². The maximum Gasteiger partial charge on any atom is 0.155 e. The SMILES string of the molecule is C=CC(=O)CCCCCCC#N. The largest absolute Gasteiger partial charge is 0.295 e. The molecule has 0 aliphatic rings. The summed E-state index contributed by atoms with van der Waals surface area (Å²) in [5, 5.41) is 8.23. The summed E-state index contributed by atoms with van der Waals surface area (Å²) in [6.45, 7) is 3.40. The molecular formula is C10H15NO. The van der Waals surface area contributed by atoms with E-state index in [4.69, 9.17) is 5.26 Å². The van der Waals surface area contributed by atoms with E-state index in [1.165, 1.54) is 6.08 Å². The molecule has 0 spiro atoms. The molecule has 0 saturated heterocycles. The van der Waals surface area contributed by atoms with Crippen molar-refractivity contribution in [3.63, 3.8) is 0 Å². The van der Waals surface area contributed by atoms with E-state index in [2.05, 4.69) is 12.6 Å². The topological polar surface area (TPSA) is 40.9 Å². The monoisotopic (exact) mass is 165 g/mol. The minimum absolute atomic E-state index is 0.121. The third-order valence-electron chi connectivity index (χ3n) is 1.69. The van der Waals surface area contributed by atoms with Crippen molar-refractivity contribution in [1.29, 1.82) is 5.26 Å². The molecule has 0 radical (unpaired) electrons. The molecule has 0 aromatic rings. The summed E-state index contributed by atoms with van der Waals surface area (Å²) in [6.07, 6.45) is 6.59. The van der Waals surface area contributed by atoms with Crippen molar-refractivity contribution < 1.29 is 4.79 Å². The van der Waals surface area contributed by atoms with E-state index in [0.717, 1.165) is 25.7 Å². The lowest BCUT2D eigenvalue weighted by atomic mass is 10.1. The quantitative estimate of drug-likeness (QED) is 0.429. The molecule has 0 rings (SSSR count). The molecule has 0 saturated carbocycles. The Hall–Kier alpha value is -1.10. The number of rotatable bonds is 7. The molecule has 0 N–H and O–H groups in total. The zero-order chi connectivity index (χ0) is 9.23. The first kappa shape index (κ1) is 10.9. The fourth-order valence-electron chi connectivity index (χ4n) is 0.959. The van der Waals surface area contributed by atoms with Crippen LogP contribution in [0, 0.1) is 11.3 Å². The van der Waals surface area contributed by atoms with Crippen LogP contribution in [-0.4, -0.2) is 5.78 Å². The normalized spacial score (nSPS) is 8.92. The summed E-state index contributed by atoms with van der Waals surface area (Å²) in [5.74, 6) is 0.121. The molecule has 0 aromatic heterocycles. The van der Waals surface area contributed by atoms with Crippen molar-refractivity contribution in [1.82, 2.24) is 0 Å². The summed E-state index contributed by atoms with van der Waals surface area (Å²) < 4.78 is 0. The van der Waals surface area contributed by atoms with Crippen LogP contribution in [0.25, 0.3) is 0 Å². The molecule has 0 bridgehead atoms. The highest BCUT2D eigenvalue weighted by atomic mass is 16.1. The second-order valence-corrected chi connectivity index (χ2v) is 2.74. The highest BCUT2D eigenvalue weighted by Gasteiger charge is 1.94. The molecule has 0 amide bonds. The van der Waals surface area contributed by atoms with Crippen LogP contribution in [0.1, 0.15) is 38.5 Å². The predicted octanol–water partition coefficient (Wildman–Crippen LogP) is 2.61. The lowest BCUT2D eigenvalue weighted by molar-refractivity contribution is -0.114. The van der Waals surface area contributed by atoms with Gasteiger partial charge in [0.25, 0.3) is 0 Å². The Labute approximate surface area is 73.9 Å². The number of nitriles is 1. The minimum atomic E-state index is 0.121. The van der Waals surface area contributed by atoms with Crippen LogP contribution in [0.15, 0.2) is 12.7 Å². The van der Waals surface area contributed by atoms with Gasteiger partial charge in [0.2, 0.25) is 0 Å². The molecule has 12 heavy (non-hydrogen) atoms. The molecule has 0 aromatic carbocycles. The van der Waals surface area contributed by atoms with E-state index in [-0.39, 0.29) is 5.78 Å². The molecular weight excluding hydrogens is 150 g/mol. The fourth-order valence-corrected chi connectivity index (χ4v) is 0.959. The number of carbonyl (C=O) groups is 1. The van der Waals surface area contributed by atoms with Gasteiger partial charge < -0.3 is 0 Å². The molecule has 0 aliphatic heterocycles. The maximum absolute atomic E-state index is 10.7. The van der Waals surface area contributed by atoms with Gasteiger partial charge in [0, 0.05) is 12.8 Å². The van der Waals surface area contributed by atoms with Crippen molar-refractivity contribution in [2.75, 3.05) is 0 Å². The van der Waals surface area contributed by atoms with E-state index in [0.29, 0.717) is 12.8 Å². The number of nitrogens with zero attached hydrogens (tertiary/aromatic N) is 1. The van der Waals surface area contributed by atoms with Crippen molar-refractivity contribution in [3.05, 3.63) is 12.7 Å². The van der Waals surface area contributed by atoms with Gasteiger partial charge in [-0.1, -0.05) is 19.4 Å². The number of ketones is 1. The predicted molar refractivity (Wildman–Crippen MR) is 48.5 cm³/mol. The summed E-state index contributed by atoms with van der Waals surface area (Å²) in [7, 11) is 0. The zero-order valence-electron chi connectivity index (χ0n) is 7.38. The lowest BCUT2D eigenvalue weighted by Gasteiger charge is -1.95. The number of hydrogen-bond donors (Lipinski definition) is 0. The third-order valence-corrected chi connectivity index (χ3v) is 1.69. The Balaban J connectivity index is 3.06. The summed E-state index contributed by atoms with van der Waals surface area (Å²) in [4.78, 5) is 10.7. The van der Waals surface area contributed by atoms with Crippen LogP contribution in [0.3, 0.4) is 0 Å². The van der Waals surface area contributed by atoms with Crippen molar-refractivity contribution in [2.24, 2.45) is 0 Å². The Kier molecular flexibility index (Phi) is 7.27. The van der Waals surface area contributed by atoms with Gasteiger partial charge in [0.15, 0.2) is 5.78 Å². The van der Waals surface area contributed by atoms with Gasteiger partial charge in [-0.3, -0.25) is 4.79 Å². The molecule has 66 valence electrons. The first-order valence-electron chi connectivity index (χ1n) is 4.33. The van der Waals surface area contributed by atoms with Crippen LogP contribution in [0.2, 0.25) is 0 Å². The standard InChI is InChI=1S/C10H15NO/c1-2-10(12)8-6-4-3-5-7-9-11/h2H,1,3-8H2. The highest BCUT2D eigenvalue weighted by Crippen LogP contribution is 2.05. The number of allylic oxidation sites excluding steroid dienone is 1. The van der Waals surface area contributed by atoms with Crippen LogP contribution in [-0.2, 0) is 4.79 Å². The van der Waals surface area contributed by atoms with E-state index in [9.17, 15) is 4.79 Å². The Morgan fingerprint density at radius 1 is 1.33 bits per heavy atom. The lowest BCUT2D eigenvalue weighted by Crippen LogP contribution is -1.90. The first-order chi connectivity index (χ1) is 5.81. The first-order valence-corrected chi connectivity index (χ1v) is 4.33. The smallest absolute Gasteiger partial charge is 0.155 e. The molecule has 0 aliphatic carbocycles. The average molecular weight is 165 g/mol. The van der Waals surface area contributed by atoms with Crippen LogP contribution >= 0.6 is 0 Å². The number of unbranched alkanes of at least 4 members (excludes halogenated alkanes) is 4. The van der Waals surface area contributed by atoms with Gasteiger partial charge in [-0.05, 0) is 18.9 Å². The second-order valence-electron chi connectivity index (χ2n) is 2.74. The van der Waals surface area contributed by atoms with E-state index in [1.807, 2.05) is 0 Å². The van der Waals surface area contributed by atoms with Gasteiger partial charge in [0.1, 0.15) is 0 Å². The minimum Gasteiger partial charge on any atom is -0.295 e. The Bertz CT molecular complexity index is 179. The second kappa shape index (κ2) is 8.00. The summed E-state index contributed by atoms with van der Waals surface area (Å²) >= 11 is 0. The van der Waals surface area contributed by atoms with Gasteiger partial charge in [-0.15, -0.1) is 0 Å². The van der Waals surface area contributed by atoms with Crippen molar-refractivity contribution >= 4 is 5.78 Å². The van der Waals surface area contributed by atoms with Crippen molar-refractivity contribution in [3.8, 4) is 6.07 Å². The molecule has 0 heterocycles. The number of carbonyl (C=O) groups excluding carboxylic acids is 1. The summed E-state index contributed by atoms with van der Waals surface area (Å²) in [5.41, 5.74) is 0. The van der Waals surface area contributed by atoms with E-state index < -0.39 is 0 Å². The third kappa shape index (κ3) is 7.01. The molecule has 0 atom stereocenters.